The second kappa shape index (κ2) is 5.82. The first-order valence-electron chi connectivity index (χ1n) is 5.39. The van der Waals surface area contributed by atoms with Gasteiger partial charge in [-0.1, -0.05) is 0 Å². The van der Waals surface area contributed by atoms with Crippen LogP contribution < -0.4 is 10.6 Å². The van der Waals surface area contributed by atoms with Crippen molar-refractivity contribution in [2.45, 2.75) is 20.4 Å². The first-order chi connectivity index (χ1) is 8.47. The summed E-state index contributed by atoms with van der Waals surface area (Å²) in [6, 6.07) is 1.72. The van der Waals surface area contributed by atoms with Crippen molar-refractivity contribution in [3.8, 4) is 6.07 Å². The Bertz CT molecular complexity index is 512. The molecule has 1 aromatic heterocycles. The summed E-state index contributed by atoms with van der Waals surface area (Å²) in [6.07, 6.45) is 0. The minimum absolute atomic E-state index is 0.183. The van der Waals surface area contributed by atoms with E-state index in [0.29, 0.717) is 0 Å². The fourth-order valence-corrected chi connectivity index (χ4v) is 1.52. The van der Waals surface area contributed by atoms with Crippen LogP contribution in [-0.4, -0.2) is 28.1 Å². The zero-order chi connectivity index (χ0) is 13.7. The Morgan fingerprint density at radius 1 is 1.33 bits per heavy atom. The Morgan fingerprint density at radius 3 is 2.44 bits per heavy atom. The lowest BCUT2D eigenvalue weighted by atomic mass is 10.2. The van der Waals surface area contributed by atoms with Crippen LogP contribution in [0.4, 0.5) is 0 Å². The van der Waals surface area contributed by atoms with Crippen LogP contribution in [0, 0.1) is 25.2 Å². The number of rotatable bonds is 3. The molecule has 18 heavy (non-hydrogen) atoms. The van der Waals surface area contributed by atoms with E-state index in [0.717, 1.165) is 17.0 Å². The molecular weight excluding hydrogens is 234 g/mol. The molecule has 7 nitrogen and oxygen atoms in total. The van der Waals surface area contributed by atoms with E-state index in [2.05, 4.69) is 15.7 Å². The van der Waals surface area contributed by atoms with E-state index in [1.807, 2.05) is 20.9 Å². The van der Waals surface area contributed by atoms with Crippen molar-refractivity contribution < 1.29 is 9.59 Å². The molecule has 1 aromatic rings. The minimum atomic E-state index is -0.809. The van der Waals surface area contributed by atoms with Crippen LogP contribution in [0.15, 0.2) is 0 Å². The molecule has 0 unspecified atom stereocenters. The first-order valence-corrected chi connectivity index (χ1v) is 5.39. The number of carbonyl (C=O) groups excluding carboxylic acids is 2. The van der Waals surface area contributed by atoms with Crippen LogP contribution in [0.3, 0.4) is 0 Å². The van der Waals surface area contributed by atoms with Crippen LogP contribution in [0.25, 0.3) is 0 Å². The van der Waals surface area contributed by atoms with Gasteiger partial charge in [-0.05, 0) is 13.8 Å². The molecule has 0 aliphatic heterocycles. The smallest absolute Gasteiger partial charge is 0.310 e. The van der Waals surface area contributed by atoms with Crippen molar-refractivity contribution in [3.63, 3.8) is 0 Å². The standard InChI is InChI=1S/C11H15N5O2/c1-7-9(8(2)16(3)15-7)6-14-11(18)10(17)13-5-4-12/h5-6H2,1-3H3,(H,13,17)(H,14,18). The molecule has 0 bridgehead atoms. The Balaban J connectivity index is 2.58. The molecule has 0 aromatic carbocycles. The molecule has 7 heteroatoms. The third kappa shape index (κ3) is 3.07. The Hall–Kier alpha value is -2.36. The lowest BCUT2D eigenvalue weighted by molar-refractivity contribution is -0.139. The van der Waals surface area contributed by atoms with E-state index >= 15 is 0 Å². The molecule has 0 fully saturated rings. The monoisotopic (exact) mass is 249 g/mol. The van der Waals surface area contributed by atoms with Crippen molar-refractivity contribution in [1.29, 1.82) is 5.26 Å². The summed E-state index contributed by atoms with van der Waals surface area (Å²) in [5.41, 5.74) is 2.64. The maximum Gasteiger partial charge on any atom is 0.310 e. The third-order valence-corrected chi connectivity index (χ3v) is 2.62. The van der Waals surface area contributed by atoms with E-state index in [4.69, 9.17) is 5.26 Å². The lowest BCUT2D eigenvalue weighted by Crippen LogP contribution is -2.39. The number of aryl methyl sites for hydroxylation is 2. The summed E-state index contributed by atoms with van der Waals surface area (Å²) < 4.78 is 1.71. The zero-order valence-corrected chi connectivity index (χ0v) is 10.6. The van der Waals surface area contributed by atoms with Gasteiger partial charge in [0.2, 0.25) is 0 Å². The molecular formula is C11H15N5O2. The van der Waals surface area contributed by atoms with Crippen molar-refractivity contribution in [1.82, 2.24) is 20.4 Å². The molecule has 2 N–H and O–H groups in total. The SMILES string of the molecule is Cc1nn(C)c(C)c1CNC(=O)C(=O)NCC#N. The second-order valence-corrected chi connectivity index (χ2v) is 3.80. The predicted molar refractivity (Wildman–Crippen MR) is 63.2 cm³/mol. The van der Waals surface area contributed by atoms with Crippen LogP contribution in [-0.2, 0) is 23.2 Å². The molecule has 2 amide bonds. The molecule has 1 rings (SSSR count). The van der Waals surface area contributed by atoms with E-state index < -0.39 is 11.8 Å². The molecule has 0 saturated heterocycles. The summed E-state index contributed by atoms with van der Waals surface area (Å²) >= 11 is 0. The molecule has 0 atom stereocenters. The predicted octanol–water partition coefficient (Wildman–Crippen LogP) is -0.707. The van der Waals surface area contributed by atoms with Crippen LogP contribution >= 0.6 is 0 Å². The van der Waals surface area contributed by atoms with Crippen LogP contribution in [0.5, 0.6) is 0 Å². The average Bonchev–Trinajstić information content (AvgIpc) is 2.58. The number of nitrogens with one attached hydrogen (secondary N) is 2. The molecule has 0 aliphatic rings. The highest BCUT2D eigenvalue weighted by Crippen LogP contribution is 2.10. The van der Waals surface area contributed by atoms with E-state index in [9.17, 15) is 9.59 Å². The molecule has 0 spiro atoms. The number of carbonyl (C=O) groups is 2. The van der Waals surface area contributed by atoms with Gasteiger partial charge in [0.05, 0.1) is 11.8 Å². The Kier molecular flexibility index (Phi) is 4.43. The highest BCUT2D eigenvalue weighted by molar-refractivity contribution is 6.35. The molecule has 1 heterocycles. The Labute approximate surface area is 105 Å². The van der Waals surface area contributed by atoms with Gasteiger partial charge in [-0.3, -0.25) is 14.3 Å². The van der Waals surface area contributed by atoms with E-state index in [1.54, 1.807) is 10.8 Å². The summed E-state index contributed by atoms with van der Waals surface area (Å²) in [6.45, 7) is 3.78. The van der Waals surface area contributed by atoms with E-state index in [-0.39, 0.29) is 13.1 Å². The van der Waals surface area contributed by atoms with Gasteiger partial charge in [0, 0.05) is 24.8 Å². The average molecular weight is 249 g/mol. The van der Waals surface area contributed by atoms with Gasteiger partial charge in [-0.2, -0.15) is 10.4 Å². The normalized spacial score (nSPS) is 9.67. The van der Waals surface area contributed by atoms with Gasteiger partial charge in [0.25, 0.3) is 0 Å². The number of nitrogens with zero attached hydrogens (tertiary/aromatic N) is 3. The summed E-state index contributed by atoms with van der Waals surface area (Å²) in [5, 5.41) is 17.1. The molecule has 96 valence electrons. The lowest BCUT2D eigenvalue weighted by Gasteiger charge is -2.05. The fraction of sp³-hybridized carbons (Fsp3) is 0.455. The zero-order valence-electron chi connectivity index (χ0n) is 10.6. The van der Waals surface area contributed by atoms with Crippen molar-refractivity contribution in [2.24, 2.45) is 7.05 Å². The second-order valence-electron chi connectivity index (χ2n) is 3.80. The van der Waals surface area contributed by atoms with Crippen molar-refractivity contribution in [3.05, 3.63) is 17.0 Å². The fourth-order valence-electron chi connectivity index (χ4n) is 1.52. The third-order valence-electron chi connectivity index (χ3n) is 2.62. The number of aromatic nitrogens is 2. The molecule has 0 radical (unpaired) electrons. The van der Waals surface area contributed by atoms with Crippen molar-refractivity contribution in [2.75, 3.05) is 6.54 Å². The maximum absolute atomic E-state index is 11.4. The first kappa shape index (κ1) is 13.7. The number of hydrogen-bond donors (Lipinski definition) is 2. The number of amides is 2. The number of hydrogen-bond acceptors (Lipinski definition) is 4. The minimum Gasteiger partial charge on any atom is -0.344 e. The highest BCUT2D eigenvalue weighted by atomic mass is 16.2. The van der Waals surface area contributed by atoms with Gasteiger partial charge in [-0.15, -0.1) is 0 Å². The van der Waals surface area contributed by atoms with Gasteiger partial charge in [0.15, 0.2) is 0 Å². The Morgan fingerprint density at radius 2 is 1.94 bits per heavy atom. The quantitative estimate of drug-likeness (QED) is 0.546. The van der Waals surface area contributed by atoms with Gasteiger partial charge in [-0.25, -0.2) is 0 Å². The van der Waals surface area contributed by atoms with Crippen LogP contribution in [0.1, 0.15) is 17.0 Å². The number of nitriles is 1. The van der Waals surface area contributed by atoms with Gasteiger partial charge < -0.3 is 10.6 Å². The van der Waals surface area contributed by atoms with Gasteiger partial charge in [0.1, 0.15) is 6.54 Å². The molecule has 0 saturated carbocycles. The summed E-state index contributed by atoms with van der Waals surface area (Å²) in [4.78, 5) is 22.6. The van der Waals surface area contributed by atoms with Crippen molar-refractivity contribution >= 4 is 11.8 Å². The largest absolute Gasteiger partial charge is 0.344 e. The maximum atomic E-state index is 11.4. The van der Waals surface area contributed by atoms with Gasteiger partial charge >= 0.3 is 11.8 Å². The highest BCUT2D eigenvalue weighted by Gasteiger charge is 2.15. The van der Waals surface area contributed by atoms with E-state index in [1.165, 1.54) is 0 Å². The summed E-state index contributed by atoms with van der Waals surface area (Å²) in [5.74, 6) is -1.57. The van der Waals surface area contributed by atoms with Crippen LogP contribution in [0.2, 0.25) is 0 Å². The summed E-state index contributed by atoms with van der Waals surface area (Å²) in [7, 11) is 1.81. The topological polar surface area (TPSA) is 99.8 Å². The molecule has 0 aliphatic carbocycles.